The maximum atomic E-state index is 11.5. The molecule has 22 heavy (non-hydrogen) atoms. The second-order valence-corrected chi connectivity index (χ2v) is 8.51. The van der Waals surface area contributed by atoms with Crippen molar-refractivity contribution in [3.63, 3.8) is 0 Å². The number of rotatable bonds is 7. The van der Waals surface area contributed by atoms with Gasteiger partial charge in [-0.25, -0.2) is 8.42 Å². The van der Waals surface area contributed by atoms with Crippen molar-refractivity contribution in [2.75, 3.05) is 6.26 Å². The molecule has 0 amide bonds. The van der Waals surface area contributed by atoms with Gasteiger partial charge in [0, 0.05) is 25.4 Å². The third-order valence-electron chi connectivity index (χ3n) is 3.92. The second kappa shape index (κ2) is 7.40. The van der Waals surface area contributed by atoms with Crippen molar-refractivity contribution in [2.24, 2.45) is 0 Å². The number of sulfone groups is 1. The molecule has 1 heterocycles. The van der Waals surface area contributed by atoms with Crippen LogP contribution in [-0.2, 0) is 22.9 Å². The lowest BCUT2D eigenvalue weighted by atomic mass is 10.1. The predicted molar refractivity (Wildman–Crippen MR) is 92.9 cm³/mol. The van der Waals surface area contributed by atoms with Crippen LogP contribution in [0.25, 0.3) is 0 Å². The Balaban J connectivity index is 2.13. The first kappa shape index (κ1) is 17.2. The summed E-state index contributed by atoms with van der Waals surface area (Å²) in [5.41, 5.74) is 2.47. The summed E-state index contributed by atoms with van der Waals surface area (Å²) in [6.07, 6.45) is 2.33. The second-order valence-electron chi connectivity index (χ2n) is 5.71. The van der Waals surface area contributed by atoms with E-state index in [1.165, 1.54) is 11.8 Å². The highest BCUT2D eigenvalue weighted by molar-refractivity contribution is 7.90. The number of nitrogens with zero attached hydrogens (tertiary/aromatic N) is 1. The molecule has 3 nitrogen and oxygen atoms in total. The Morgan fingerprint density at radius 1 is 1.09 bits per heavy atom. The van der Waals surface area contributed by atoms with Crippen molar-refractivity contribution in [1.29, 1.82) is 0 Å². The Labute approximate surface area is 137 Å². The first-order chi connectivity index (χ1) is 10.4. The molecule has 1 aromatic carbocycles. The molecule has 0 radical (unpaired) electrons. The maximum Gasteiger partial charge on any atom is 0.175 e. The summed E-state index contributed by atoms with van der Waals surface area (Å²) >= 11 is 1.72. The molecule has 0 aliphatic carbocycles. The quantitative estimate of drug-likeness (QED) is 0.767. The summed E-state index contributed by atoms with van der Waals surface area (Å²) in [6, 6.07) is 9.87. The molecule has 2 aromatic rings. The van der Waals surface area contributed by atoms with Crippen LogP contribution in [0.3, 0.4) is 0 Å². The van der Waals surface area contributed by atoms with Gasteiger partial charge in [-0.3, -0.25) is 4.90 Å². The van der Waals surface area contributed by atoms with Crippen molar-refractivity contribution in [2.45, 2.75) is 44.3 Å². The molecule has 0 spiro atoms. The van der Waals surface area contributed by atoms with E-state index in [-0.39, 0.29) is 0 Å². The topological polar surface area (TPSA) is 37.4 Å². The zero-order chi connectivity index (χ0) is 16.2. The third kappa shape index (κ3) is 4.66. The average Bonchev–Trinajstić information content (AvgIpc) is 2.98. The lowest BCUT2D eigenvalue weighted by Crippen LogP contribution is -2.31. The number of thiophene rings is 1. The van der Waals surface area contributed by atoms with E-state index in [4.69, 9.17) is 0 Å². The zero-order valence-corrected chi connectivity index (χ0v) is 15.0. The van der Waals surface area contributed by atoms with Crippen LogP contribution >= 0.6 is 11.3 Å². The van der Waals surface area contributed by atoms with Gasteiger partial charge in [0.15, 0.2) is 9.84 Å². The molecular formula is C17H23NO2S2. The lowest BCUT2D eigenvalue weighted by molar-refractivity contribution is 0.186. The predicted octanol–water partition coefficient (Wildman–Crippen LogP) is 3.95. The molecule has 0 bridgehead atoms. The number of hydrogen-bond acceptors (Lipinski definition) is 4. The van der Waals surface area contributed by atoms with E-state index in [0.29, 0.717) is 10.9 Å². The summed E-state index contributed by atoms with van der Waals surface area (Å²) in [4.78, 5) is 2.81. The fraction of sp³-hybridized carbons (Fsp3) is 0.412. The van der Waals surface area contributed by atoms with Crippen molar-refractivity contribution in [1.82, 2.24) is 4.90 Å². The van der Waals surface area contributed by atoms with Crippen LogP contribution < -0.4 is 0 Å². The summed E-state index contributed by atoms with van der Waals surface area (Å²) in [5, 5.41) is 4.28. The van der Waals surface area contributed by atoms with Gasteiger partial charge in [0.05, 0.1) is 4.90 Å². The van der Waals surface area contributed by atoms with Gasteiger partial charge in [0.25, 0.3) is 0 Å². The highest BCUT2D eigenvalue weighted by Gasteiger charge is 2.14. The molecule has 0 aliphatic heterocycles. The normalized spacial score (nSPS) is 13.5. The van der Waals surface area contributed by atoms with Crippen molar-refractivity contribution in [3.8, 4) is 0 Å². The Hall–Kier alpha value is -1.17. The van der Waals surface area contributed by atoms with Crippen LogP contribution in [0.15, 0.2) is 46.0 Å². The minimum absolute atomic E-state index is 0.379. The van der Waals surface area contributed by atoms with Gasteiger partial charge in [0.2, 0.25) is 0 Å². The first-order valence-corrected chi connectivity index (χ1v) is 10.3. The van der Waals surface area contributed by atoms with E-state index in [0.717, 1.165) is 25.1 Å². The zero-order valence-electron chi connectivity index (χ0n) is 13.3. The smallest absolute Gasteiger partial charge is 0.175 e. The van der Waals surface area contributed by atoms with Gasteiger partial charge in [-0.2, -0.15) is 11.3 Å². The molecule has 5 heteroatoms. The van der Waals surface area contributed by atoms with Gasteiger partial charge in [-0.05, 0) is 53.4 Å². The van der Waals surface area contributed by atoms with Crippen LogP contribution in [0.5, 0.6) is 0 Å². The third-order valence-corrected chi connectivity index (χ3v) is 5.78. The monoisotopic (exact) mass is 337 g/mol. The van der Waals surface area contributed by atoms with E-state index in [1.807, 2.05) is 12.1 Å². The SMILES string of the molecule is CC[C@@H](C)N(Cc1ccc(S(C)(=O)=O)cc1)Cc1ccsc1. The number of benzene rings is 1. The highest BCUT2D eigenvalue weighted by Crippen LogP contribution is 2.18. The van der Waals surface area contributed by atoms with Crippen molar-refractivity contribution < 1.29 is 8.42 Å². The lowest BCUT2D eigenvalue weighted by Gasteiger charge is -2.28. The minimum Gasteiger partial charge on any atom is -0.292 e. The van der Waals surface area contributed by atoms with Crippen LogP contribution in [-0.4, -0.2) is 25.6 Å². The van der Waals surface area contributed by atoms with E-state index in [9.17, 15) is 8.42 Å². The molecule has 0 saturated heterocycles. The van der Waals surface area contributed by atoms with Gasteiger partial charge < -0.3 is 0 Å². The Morgan fingerprint density at radius 2 is 1.73 bits per heavy atom. The van der Waals surface area contributed by atoms with E-state index in [2.05, 4.69) is 35.6 Å². The van der Waals surface area contributed by atoms with E-state index < -0.39 is 9.84 Å². The molecule has 120 valence electrons. The maximum absolute atomic E-state index is 11.5. The molecule has 1 atom stereocenters. The average molecular weight is 338 g/mol. The number of hydrogen-bond donors (Lipinski definition) is 0. The molecule has 0 aliphatic rings. The Bertz CT molecular complexity index is 676. The highest BCUT2D eigenvalue weighted by atomic mass is 32.2. The Morgan fingerprint density at radius 3 is 2.23 bits per heavy atom. The van der Waals surface area contributed by atoms with Crippen molar-refractivity contribution in [3.05, 3.63) is 52.2 Å². The minimum atomic E-state index is -3.12. The molecule has 1 aromatic heterocycles. The van der Waals surface area contributed by atoms with Gasteiger partial charge in [-0.15, -0.1) is 0 Å². The van der Waals surface area contributed by atoms with Crippen LogP contribution in [0.1, 0.15) is 31.4 Å². The van der Waals surface area contributed by atoms with E-state index >= 15 is 0 Å². The van der Waals surface area contributed by atoms with Gasteiger partial charge in [-0.1, -0.05) is 19.1 Å². The van der Waals surface area contributed by atoms with Gasteiger partial charge >= 0.3 is 0 Å². The van der Waals surface area contributed by atoms with E-state index in [1.54, 1.807) is 23.5 Å². The standard InChI is InChI=1S/C17H23NO2S2/c1-4-14(2)18(12-16-9-10-21-13-16)11-15-5-7-17(8-6-15)22(3,19)20/h5-10,13-14H,4,11-12H2,1-3H3/t14-/m1/s1. The first-order valence-electron chi connectivity index (χ1n) is 7.44. The fourth-order valence-corrected chi connectivity index (χ4v) is 3.61. The summed E-state index contributed by atoms with van der Waals surface area (Å²) < 4.78 is 23.0. The van der Waals surface area contributed by atoms with Crippen molar-refractivity contribution >= 4 is 21.2 Å². The summed E-state index contributed by atoms with van der Waals surface area (Å²) in [5.74, 6) is 0. The van der Waals surface area contributed by atoms with Crippen LogP contribution in [0.2, 0.25) is 0 Å². The largest absolute Gasteiger partial charge is 0.292 e. The Kier molecular flexibility index (Phi) is 5.78. The summed E-state index contributed by atoms with van der Waals surface area (Å²) in [7, 11) is -3.12. The molecular weight excluding hydrogens is 314 g/mol. The summed E-state index contributed by atoms with van der Waals surface area (Å²) in [6.45, 7) is 6.18. The fourth-order valence-electron chi connectivity index (χ4n) is 2.32. The van der Waals surface area contributed by atoms with Crippen LogP contribution in [0.4, 0.5) is 0 Å². The molecule has 0 unspecified atom stereocenters. The molecule has 2 rings (SSSR count). The molecule has 0 saturated carbocycles. The van der Waals surface area contributed by atoms with Crippen LogP contribution in [0, 0.1) is 0 Å². The molecule has 0 fully saturated rings. The van der Waals surface area contributed by atoms with Gasteiger partial charge in [0.1, 0.15) is 0 Å². The molecule has 0 N–H and O–H groups in total.